The molecule has 0 aliphatic heterocycles. The molecule has 0 bridgehead atoms. The number of hydrogen-bond acceptors (Lipinski definition) is 1. The Morgan fingerprint density at radius 1 is 1.27 bits per heavy atom. The van der Waals surface area contributed by atoms with Crippen LogP contribution >= 0.6 is 0 Å². The van der Waals surface area contributed by atoms with E-state index >= 15 is 0 Å². The number of benzene rings is 2. The first-order chi connectivity index (χ1) is 7.22. The first-order valence-electron chi connectivity index (χ1n) is 4.57. The van der Waals surface area contributed by atoms with E-state index in [-0.39, 0.29) is 11.6 Å². The topological polar surface area (TPSA) is 17.1 Å². The lowest BCUT2D eigenvalue weighted by molar-refractivity contribution is 0.104. The van der Waals surface area contributed by atoms with Crippen LogP contribution in [0.4, 0.5) is 4.39 Å². The molecule has 0 radical (unpaired) electrons. The monoisotopic (exact) mass is 200 g/mol. The van der Waals surface area contributed by atoms with Crippen molar-refractivity contribution in [2.24, 2.45) is 0 Å². The molecule has 0 amide bonds. The molecule has 0 aromatic heterocycles. The molecule has 2 aromatic rings. The average Bonchev–Trinajstić information content (AvgIpc) is 2.28. The van der Waals surface area contributed by atoms with Crippen LogP contribution in [-0.4, -0.2) is 5.78 Å². The Balaban J connectivity index is 2.67. The molecule has 2 heteroatoms. The largest absolute Gasteiger partial charge is 0.289 e. The summed E-state index contributed by atoms with van der Waals surface area (Å²) < 4.78 is 13.3. The first kappa shape index (κ1) is 9.59. The van der Waals surface area contributed by atoms with Crippen LogP contribution in [0.15, 0.2) is 49.1 Å². The number of allylic oxidation sites excluding steroid dienone is 1. The summed E-state index contributed by atoms with van der Waals surface area (Å²) in [6.07, 6.45) is 1.25. The third-order valence-electron chi connectivity index (χ3n) is 2.30. The summed E-state index contributed by atoms with van der Waals surface area (Å²) in [6.45, 7) is 3.41. The Bertz CT molecular complexity index is 543. The second-order valence-electron chi connectivity index (χ2n) is 3.24. The first-order valence-corrected chi connectivity index (χ1v) is 4.57. The number of halogens is 1. The van der Waals surface area contributed by atoms with Crippen molar-refractivity contribution in [1.82, 2.24) is 0 Å². The molecule has 0 unspecified atom stereocenters. The van der Waals surface area contributed by atoms with Gasteiger partial charge in [0.2, 0.25) is 0 Å². The summed E-state index contributed by atoms with van der Waals surface area (Å²) in [5.74, 6) is -0.425. The highest BCUT2D eigenvalue weighted by Crippen LogP contribution is 2.19. The van der Waals surface area contributed by atoms with Crippen molar-refractivity contribution >= 4 is 16.6 Å². The molecular formula is C13H9FO. The Kier molecular flexibility index (Phi) is 2.34. The van der Waals surface area contributed by atoms with E-state index < -0.39 is 0 Å². The van der Waals surface area contributed by atoms with Crippen molar-refractivity contribution in [1.29, 1.82) is 0 Å². The van der Waals surface area contributed by atoms with Gasteiger partial charge in [0, 0.05) is 10.9 Å². The van der Waals surface area contributed by atoms with Crippen LogP contribution in [0.25, 0.3) is 10.8 Å². The second kappa shape index (κ2) is 3.65. The fraction of sp³-hybridized carbons (Fsp3) is 0. The maximum absolute atomic E-state index is 13.3. The van der Waals surface area contributed by atoms with Crippen LogP contribution in [0, 0.1) is 5.82 Å². The van der Waals surface area contributed by atoms with Gasteiger partial charge in [-0.15, -0.1) is 0 Å². The molecule has 0 aliphatic carbocycles. The van der Waals surface area contributed by atoms with Crippen molar-refractivity contribution in [3.63, 3.8) is 0 Å². The van der Waals surface area contributed by atoms with E-state index in [1.54, 1.807) is 30.3 Å². The number of carbonyl (C=O) groups excluding carboxylic acids is 1. The van der Waals surface area contributed by atoms with Crippen LogP contribution in [0.5, 0.6) is 0 Å². The van der Waals surface area contributed by atoms with E-state index in [9.17, 15) is 9.18 Å². The zero-order valence-corrected chi connectivity index (χ0v) is 8.03. The predicted octanol–water partition coefficient (Wildman–Crippen LogP) is 3.35. The van der Waals surface area contributed by atoms with Gasteiger partial charge < -0.3 is 0 Å². The molecule has 2 rings (SSSR count). The summed E-state index contributed by atoms with van der Waals surface area (Å²) in [5, 5.41) is 1.25. The third kappa shape index (κ3) is 1.66. The van der Waals surface area contributed by atoms with Gasteiger partial charge in [-0.2, -0.15) is 0 Å². The Morgan fingerprint density at radius 2 is 2.07 bits per heavy atom. The fourth-order valence-electron chi connectivity index (χ4n) is 1.52. The van der Waals surface area contributed by atoms with Gasteiger partial charge in [-0.1, -0.05) is 30.8 Å². The summed E-state index contributed by atoms with van der Waals surface area (Å²) in [7, 11) is 0. The van der Waals surface area contributed by atoms with Gasteiger partial charge in [0.05, 0.1) is 0 Å². The second-order valence-corrected chi connectivity index (χ2v) is 3.24. The number of hydrogen-bond donors (Lipinski definition) is 0. The van der Waals surface area contributed by atoms with Gasteiger partial charge in [0.25, 0.3) is 0 Å². The van der Waals surface area contributed by atoms with E-state index in [1.165, 1.54) is 12.1 Å². The van der Waals surface area contributed by atoms with Gasteiger partial charge in [-0.05, 0) is 23.6 Å². The molecule has 0 aliphatic rings. The molecule has 0 atom stereocenters. The molecule has 0 saturated carbocycles. The highest BCUT2D eigenvalue weighted by Gasteiger charge is 2.04. The van der Waals surface area contributed by atoms with E-state index in [4.69, 9.17) is 0 Å². The third-order valence-corrected chi connectivity index (χ3v) is 2.30. The normalized spacial score (nSPS) is 10.2. The maximum atomic E-state index is 13.3. The maximum Gasteiger partial charge on any atom is 0.185 e. The molecule has 0 fully saturated rings. The number of rotatable bonds is 2. The molecular weight excluding hydrogens is 191 g/mol. The zero-order valence-electron chi connectivity index (χ0n) is 8.03. The molecule has 2 aromatic carbocycles. The lowest BCUT2D eigenvalue weighted by Crippen LogP contribution is -1.93. The van der Waals surface area contributed by atoms with Gasteiger partial charge in [-0.25, -0.2) is 4.39 Å². The standard InChI is InChI=1S/C13H9FO/c1-2-13(15)10-6-7-11-9(8-10)4-3-5-12(11)14/h2-8H,1H2. The van der Waals surface area contributed by atoms with Crippen molar-refractivity contribution in [3.05, 3.63) is 60.4 Å². The number of ketones is 1. The molecule has 0 N–H and O–H groups in total. The number of fused-ring (bicyclic) bond motifs is 1. The van der Waals surface area contributed by atoms with Crippen LogP contribution in [-0.2, 0) is 0 Å². The lowest BCUT2D eigenvalue weighted by Gasteiger charge is -2.01. The Labute approximate surface area is 86.8 Å². The molecule has 0 heterocycles. The molecule has 15 heavy (non-hydrogen) atoms. The summed E-state index contributed by atoms with van der Waals surface area (Å²) in [6, 6.07) is 9.69. The van der Waals surface area contributed by atoms with Crippen molar-refractivity contribution < 1.29 is 9.18 Å². The summed E-state index contributed by atoms with van der Waals surface area (Å²) in [4.78, 5) is 11.3. The average molecular weight is 200 g/mol. The van der Waals surface area contributed by atoms with Gasteiger partial charge >= 0.3 is 0 Å². The van der Waals surface area contributed by atoms with Gasteiger partial charge in [0.1, 0.15) is 5.82 Å². The van der Waals surface area contributed by atoms with Crippen molar-refractivity contribution in [3.8, 4) is 0 Å². The van der Waals surface area contributed by atoms with Crippen LogP contribution in [0.2, 0.25) is 0 Å². The number of carbonyl (C=O) groups is 1. The van der Waals surface area contributed by atoms with Crippen molar-refractivity contribution in [2.75, 3.05) is 0 Å². The smallest absolute Gasteiger partial charge is 0.185 e. The molecule has 0 saturated heterocycles. The highest BCUT2D eigenvalue weighted by molar-refractivity contribution is 6.06. The van der Waals surface area contributed by atoms with E-state index in [2.05, 4.69) is 6.58 Å². The Hall–Kier alpha value is -1.96. The van der Waals surface area contributed by atoms with E-state index in [0.717, 1.165) is 5.39 Å². The quantitative estimate of drug-likeness (QED) is 0.536. The molecule has 74 valence electrons. The lowest BCUT2D eigenvalue weighted by atomic mass is 10.0. The fourth-order valence-corrected chi connectivity index (χ4v) is 1.52. The molecule has 1 nitrogen and oxygen atoms in total. The van der Waals surface area contributed by atoms with E-state index in [1.807, 2.05) is 0 Å². The highest BCUT2D eigenvalue weighted by atomic mass is 19.1. The van der Waals surface area contributed by atoms with Crippen LogP contribution in [0.3, 0.4) is 0 Å². The molecule has 0 spiro atoms. The SMILES string of the molecule is C=CC(=O)c1ccc2c(F)cccc2c1. The predicted molar refractivity (Wildman–Crippen MR) is 58.4 cm³/mol. The van der Waals surface area contributed by atoms with Crippen LogP contribution in [0.1, 0.15) is 10.4 Å². The van der Waals surface area contributed by atoms with Gasteiger partial charge in [0.15, 0.2) is 5.78 Å². The van der Waals surface area contributed by atoms with Crippen LogP contribution < -0.4 is 0 Å². The minimum Gasteiger partial charge on any atom is -0.289 e. The minimum atomic E-state index is -0.273. The summed E-state index contributed by atoms with van der Waals surface area (Å²) >= 11 is 0. The zero-order chi connectivity index (χ0) is 10.8. The Morgan fingerprint density at radius 3 is 2.80 bits per heavy atom. The van der Waals surface area contributed by atoms with E-state index in [0.29, 0.717) is 10.9 Å². The van der Waals surface area contributed by atoms with Gasteiger partial charge in [-0.3, -0.25) is 4.79 Å². The van der Waals surface area contributed by atoms with Crippen molar-refractivity contribution in [2.45, 2.75) is 0 Å². The minimum absolute atomic E-state index is 0.152. The summed E-state index contributed by atoms with van der Waals surface area (Å²) in [5.41, 5.74) is 0.531.